The summed E-state index contributed by atoms with van der Waals surface area (Å²) in [7, 11) is 0. The molecule has 1 atom stereocenters. The summed E-state index contributed by atoms with van der Waals surface area (Å²) in [4.78, 5) is 23.5. The Labute approximate surface area is 132 Å². The van der Waals surface area contributed by atoms with Crippen LogP contribution in [-0.2, 0) is 13.2 Å². The lowest BCUT2D eigenvalue weighted by Gasteiger charge is -2.16. The zero-order valence-electron chi connectivity index (χ0n) is 12.3. The minimum atomic E-state index is -1.35. The van der Waals surface area contributed by atoms with Gasteiger partial charge in [-0.05, 0) is 5.56 Å². The van der Waals surface area contributed by atoms with Crippen LogP contribution in [0.15, 0.2) is 47.4 Å². The number of aromatic carboxylic acids is 1. The fourth-order valence-electron chi connectivity index (χ4n) is 2.08. The van der Waals surface area contributed by atoms with Gasteiger partial charge in [0.15, 0.2) is 11.4 Å². The summed E-state index contributed by atoms with van der Waals surface area (Å²) in [6.07, 6.45) is 0.109. The lowest BCUT2D eigenvalue weighted by molar-refractivity contribution is 0.0643. The summed E-state index contributed by atoms with van der Waals surface area (Å²) in [5, 5.41) is 27.8. The second-order valence-electron chi connectivity index (χ2n) is 4.93. The number of aliphatic hydroxyl groups is 2. The molecule has 0 saturated carbocycles. The number of pyridine rings is 1. The third-order valence-electron chi connectivity index (χ3n) is 3.18. The SMILES string of the molecule is O=C(O)c1c(OCc2ccccc2)c(=O)ccn1CC(O)CO. The van der Waals surface area contributed by atoms with Crippen LogP contribution < -0.4 is 10.2 Å². The van der Waals surface area contributed by atoms with Gasteiger partial charge in [0.05, 0.1) is 19.3 Å². The monoisotopic (exact) mass is 319 g/mol. The van der Waals surface area contributed by atoms with Gasteiger partial charge in [0.1, 0.15) is 6.61 Å². The highest BCUT2D eigenvalue weighted by atomic mass is 16.5. The Morgan fingerprint density at radius 3 is 2.52 bits per heavy atom. The summed E-state index contributed by atoms with van der Waals surface area (Å²) < 4.78 is 6.58. The summed E-state index contributed by atoms with van der Waals surface area (Å²) in [5.74, 6) is -1.65. The molecule has 0 amide bonds. The van der Waals surface area contributed by atoms with Crippen LogP contribution >= 0.6 is 0 Å². The van der Waals surface area contributed by atoms with Crippen LogP contribution in [0, 0.1) is 0 Å². The molecule has 7 nitrogen and oxygen atoms in total. The number of carboxylic acids is 1. The van der Waals surface area contributed by atoms with Crippen LogP contribution in [0.3, 0.4) is 0 Å². The molecule has 0 aliphatic heterocycles. The molecule has 3 N–H and O–H groups in total. The molecule has 2 aromatic rings. The number of carbonyl (C=O) groups is 1. The molecule has 23 heavy (non-hydrogen) atoms. The highest BCUT2D eigenvalue weighted by molar-refractivity contribution is 5.88. The highest BCUT2D eigenvalue weighted by Crippen LogP contribution is 2.16. The van der Waals surface area contributed by atoms with E-state index in [1.807, 2.05) is 6.07 Å². The topological polar surface area (TPSA) is 109 Å². The zero-order chi connectivity index (χ0) is 16.8. The Hall–Kier alpha value is -2.64. The highest BCUT2D eigenvalue weighted by Gasteiger charge is 2.20. The van der Waals surface area contributed by atoms with Gasteiger partial charge in [-0.1, -0.05) is 30.3 Å². The second-order valence-corrected chi connectivity index (χ2v) is 4.93. The number of hydrogen-bond donors (Lipinski definition) is 3. The van der Waals surface area contributed by atoms with Gasteiger partial charge in [-0.15, -0.1) is 0 Å². The van der Waals surface area contributed by atoms with Gasteiger partial charge in [0.2, 0.25) is 5.43 Å². The normalized spacial score (nSPS) is 11.9. The molecule has 1 aromatic heterocycles. The number of carboxylic acid groups (broad SMARTS) is 1. The van der Waals surface area contributed by atoms with Crippen molar-refractivity contribution in [2.24, 2.45) is 0 Å². The molecule has 0 saturated heterocycles. The van der Waals surface area contributed by atoms with Gasteiger partial charge in [-0.25, -0.2) is 4.79 Å². The fourth-order valence-corrected chi connectivity index (χ4v) is 2.08. The van der Waals surface area contributed by atoms with Crippen LogP contribution in [-0.4, -0.2) is 38.6 Å². The van der Waals surface area contributed by atoms with Gasteiger partial charge in [-0.2, -0.15) is 0 Å². The molecule has 1 aromatic carbocycles. The maximum atomic E-state index is 12.0. The van der Waals surface area contributed by atoms with Crippen molar-refractivity contribution in [3.63, 3.8) is 0 Å². The Morgan fingerprint density at radius 1 is 1.22 bits per heavy atom. The van der Waals surface area contributed by atoms with Crippen molar-refractivity contribution in [1.82, 2.24) is 4.57 Å². The first-order chi connectivity index (χ1) is 11.0. The van der Waals surface area contributed by atoms with E-state index in [0.29, 0.717) is 0 Å². The van der Waals surface area contributed by atoms with Crippen molar-refractivity contribution < 1.29 is 24.9 Å². The molecule has 122 valence electrons. The summed E-state index contributed by atoms with van der Waals surface area (Å²) in [5.41, 5.74) is -0.136. The van der Waals surface area contributed by atoms with Gasteiger partial charge >= 0.3 is 5.97 Å². The van der Waals surface area contributed by atoms with Crippen LogP contribution in [0.25, 0.3) is 0 Å². The molecular formula is C16H17NO6. The molecule has 0 fully saturated rings. The van der Waals surface area contributed by atoms with Gasteiger partial charge in [0.25, 0.3) is 0 Å². The third kappa shape index (κ3) is 4.18. The van der Waals surface area contributed by atoms with E-state index >= 15 is 0 Å². The molecule has 1 heterocycles. The molecule has 0 bridgehead atoms. The number of nitrogens with zero attached hydrogens (tertiary/aromatic N) is 1. The lowest BCUT2D eigenvalue weighted by atomic mass is 10.2. The molecule has 0 aliphatic rings. The van der Waals surface area contributed by atoms with Gasteiger partial charge < -0.3 is 24.6 Å². The third-order valence-corrected chi connectivity index (χ3v) is 3.18. The maximum absolute atomic E-state index is 12.0. The molecular weight excluding hydrogens is 302 g/mol. The quantitative estimate of drug-likeness (QED) is 0.685. The molecule has 7 heteroatoms. The van der Waals surface area contributed by atoms with E-state index in [9.17, 15) is 19.8 Å². The first-order valence-electron chi connectivity index (χ1n) is 6.95. The van der Waals surface area contributed by atoms with Gasteiger partial charge in [0, 0.05) is 12.3 Å². The molecule has 0 spiro atoms. The number of aliphatic hydroxyl groups excluding tert-OH is 2. The molecule has 1 unspecified atom stereocenters. The van der Waals surface area contributed by atoms with E-state index in [1.54, 1.807) is 24.3 Å². The Balaban J connectivity index is 2.34. The van der Waals surface area contributed by atoms with Crippen molar-refractivity contribution in [3.05, 3.63) is 64.1 Å². The largest absolute Gasteiger partial charge is 0.482 e. The van der Waals surface area contributed by atoms with Crippen molar-refractivity contribution in [3.8, 4) is 5.75 Å². The minimum absolute atomic E-state index is 0.0446. The predicted molar refractivity (Wildman–Crippen MR) is 81.5 cm³/mol. The Kier molecular flexibility index (Phi) is 5.51. The average Bonchev–Trinajstić information content (AvgIpc) is 2.55. The fraction of sp³-hybridized carbons (Fsp3) is 0.250. The Morgan fingerprint density at radius 2 is 1.91 bits per heavy atom. The molecule has 0 aliphatic carbocycles. The number of hydrogen-bond acceptors (Lipinski definition) is 5. The zero-order valence-corrected chi connectivity index (χ0v) is 12.3. The van der Waals surface area contributed by atoms with Crippen molar-refractivity contribution in [1.29, 1.82) is 0 Å². The number of ether oxygens (including phenoxy) is 1. The summed E-state index contributed by atoms with van der Waals surface area (Å²) in [6, 6.07) is 10.2. The van der Waals surface area contributed by atoms with Crippen LogP contribution in [0.1, 0.15) is 16.1 Å². The predicted octanol–water partition coefficient (Wildman–Crippen LogP) is 0.479. The maximum Gasteiger partial charge on any atom is 0.356 e. The van der Waals surface area contributed by atoms with E-state index in [2.05, 4.69) is 0 Å². The van der Waals surface area contributed by atoms with E-state index in [1.165, 1.54) is 10.8 Å². The van der Waals surface area contributed by atoms with E-state index < -0.39 is 24.1 Å². The first-order valence-corrected chi connectivity index (χ1v) is 6.95. The van der Waals surface area contributed by atoms with E-state index in [0.717, 1.165) is 11.6 Å². The lowest BCUT2D eigenvalue weighted by Crippen LogP contribution is -2.26. The minimum Gasteiger partial charge on any atom is -0.482 e. The summed E-state index contributed by atoms with van der Waals surface area (Å²) in [6.45, 7) is -0.644. The van der Waals surface area contributed by atoms with Crippen LogP contribution in [0.4, 0.5) is 0 Å². The van der Waals surface area contributed by atoms with Crippen molar-refractivity contribution in [2.45, 2.75) is 19.3 Å². The van der Waals surface area contributed by atoms with Crippen molar-refractivity contribution >= 4 is 5.97 Å². The van der Waals surface area contributed by atoms with E-state index in [4.69, 9.17) is 9.84 Å². The number of benzene rings is 1. The van der Waals surface area contributed by atoms with Gasteiger partial charge in [-0.3, -0.25) is 4.79 Å². The smallest absolute Gasteiger partial charge is 0.356 e. The number of rotatable bonds is 7. The molecule has 2 rings (SSSR count). The second kappa shape index (κ2) is 7.57. The number of aromatic nitrogens is 1. The molecule has 0 radical (unpaired) electrons. The van der Waals surface area contributed by atoms with Crippen molar-refractivity contribution in [2.75, 3.05) is 6.61 Å². The Bertz CT molecular complexity index is 725. The average molecular weight is 319 g/mol. The van der Waals surface area contributed by atoms with E-state index in [-0.39, 0.29) is 24.6 Å². The van der Waals surface area contributed by atoms with Crippen LogP contribution in [0.2, 0.25) is 0 Å². The summed E-state index contributed by atoms with van der Waals surface area (Å²) >= 11 is 0. The first kappa shape index (κ1) is 16.7. The van der Waals surface area contributed by atoms with Crippen LogP contribution in [0.5, 0.6) is 5.75 Å². The standard InChI is InChI=1S/C16H17NO6/c18-9-12(19)8-17-7-6-13(20)15(14(17)16(21)22)23-10-11-4-2-1-3-5-11/h1-7,12,18-19H,8-10H2,(H,21,22).